The van der Waals surface area contributed by atoms with E-state index in [2.05, 4.69) is 4.72 Å². The first-order valence-electron chi connectivity index (χ1n) is 6.90. The molecule has 0 amide bonds. The number of sulfonamides is 1. The van der Waals surface area contributed by atoms with Gasteiger partial charge in [0.15, 0.2) is 0 Å². The van der Waals surface area contributed by atoms with E-state index in [1.165, 1.54) is 5.41 Å². The van der Waals surface area contributed by atoms with Crippen molar-refractivity contribution in [1.29, 1.82) is 0 Å². The zero-order valence-corrected chi connectivity index (χ0v) is 14.3. The second kappa shape index (κ2) is 7.69. The molecule has 22 heavy (non-hydrogen) atoms. The van der Waals surface area contributed by atoms with Crippen molar-refractivity contribution in [3.05, 3.63) is 63.7 Å². The molecule has 2 aromatic rings. The van der Waals surface area contributed by atoms with Gasteiger partial charge in [0.05, 0.1) is 6.04 Å². The van der Waals surface area contributed by atoms with Crippen LogP contribution in [0.5, 0.6) is 0 Å². The molecule has 1 aromatic heterocycles. The molecule has 1 N–H and O–H groups in total. The third-order valence-corrected chi connectivity index (χ3v) is 5.25. The highest BCUT2D eigenvalue weighted by Crippen LogP contribution is 2.22. The Balaban J connectivity index is 2.01. The van der Waals surface area contributed by atoms with Gasteiger partial charge in [0.25, 0.3) is 0 Å². The number of hydrogen-bond donors (Lipinski definition) is 1. The smallest absolute Gasteiger partial charge is 0.233 e. The molecule has 1 atom stereocenters. The van der Waals surface area contributed by atoms with Crippen molar-refractivity contribution in [1.82, 2.24) is 9.62 Å². The lowest BCUT2D eigenvalue weighted by Crippen LogP contribution is -2.33. The monoisotopic (exact) mass is 336 g/mol. The lowest BCUT2D eigenvalue weighted by molar-refractivity contribution is 0.304. The molecule has 1 aromatic carbocycles. The average Bonchev–Trinajstić information content (AvgIpc) is 3.00. The first-order chi connectivity index (χ1) is 10.5. The minimum atomic E-state index is -3.45. The molecule has 0 spiro atoms. The molecule has 0 bridgehead atoms. The quantitative estimate of drug-likeness (QED) is 0.846. The van der Waals surface area contributed by atoms with Crippen molar-refractivity contribution < 1.29 is 8.42 Å². The molecular weight excluding hydrogens is 316 g/mol. The van der Waals surface area contributed by atoms with Crippen LogP contribution in [0.25, 0.3) is 6.08 Å². The van der Waals surface area contributed by atoms with Gasteiger partial charge in [0, 0.05) is 16.8 Å². The van der Waals surface area contributed by atoms with Gasteiger partial charge < -0.3 is 4.90 Å². The van der Waals surface area contributed by atoms with Gasteiger partial charge in [-0.1, -0.05) is 36.4 Å². The van der Waals surface area contributed by atoms with E-state index in [1.807, 2.05) is 66.8 Å². The predicted octanol–water partition coefficient (Wildman–Crippen LogP) is 2.94. The number of rotatable bonds is 7. The molecule has 0 fully saturated rings. The topological polar surface area (TPSA) is 49.4 Å². The summed E-state index contributed by atoms with van der Waals surface area (Å²) in [4.78, 5) is 3.15. The molecule has 4 nitrogen and oxygen atoms in total. The van der Waals surface area contributed by atoms with E-state index in [0.717, 1.165) is 10.4 Å². The van der Waals surface area contributed by atoms with Crippen LogP contribution in [0.15, 0.2) is 53.3 Å². The molecule has 0 saturated carbocycles. The van der Waals surface area contributed by atoms with Gasteiger partial charge >= 0.3 is 0 Å². The largest absolute Gasteiger partial charge is 0.300 e. The Hall–Kier alpha value is -1.47. The van der Waals surface area contributed by atoms with Crippen LogP contribution in [-0.2, 0) is 10.0 Å². The lowest BCUT2D eigenvalue weighted by Gasteiger charge is -2.23. The maximum Gasteiger partial charge on any atom is 0.233 e. The first kappa shape index (κ1) is 16.9. The molecule has 2 rings (SSSR count). The summed E-state index contributed by atoms with van der Waals surface area (Å²) in [6.45, 7) is 0.342. The summed E-state index contributed by atoms with van der Waals surface area (Å²) in [6, 6.07) is 13.4. The highest BCUT2D eigenvalue weighted by molar-refractivity contribution is 7.92. The third kappa shape index (κ3) is 5.06. The highest BCUT2D eigenvalue weighted by Gasteiger charge is 2.17. The van der Waals surface area contributed by atoms with Gasteiger partial charge in [0.1, 0.15) is 0 Å². The van der Waals surface area contributed by atoms with E-state index in [-0.39, 0.29) is 6.04 Å². The Morgan fingerprint density at radius 2 is 1.91 bits per heavy atom. The van der Waals surface area contributed by atoms with E-state index in [1.54, 1.807) is 17.4 Å². The zero-order chi connectivity index (χ0) is 16.0. The number of nitrogens with one attached hydrogen (secondary N) is 1. The second-order valence-corrected chi connectivity index (χ2v) is 7.73. The van der Waals surface area contributed by atoms with E-state index >= 15 is 0 Å². The van der Waals surface area contributed by atoms with Crippen LogP contribution in [0.1, 0.15) is 16.5 Å². The summed E-state index contributed by atoms with van der Waals surface area (Å²) in [5, 5.41) is 3.21. The number of hydrogen-bond acceptors (Lipinski definition) is 4. The fourth-order valence-electron chi connectivity index (χ4n) is 1.99. The van der Waals surface area contributed by atoms with Crippen molar-refractivity contribution in [2.75, 3.05) is 20.6 Å². The van der Waals surface area contributed by atoms with E-state index in [4.69, 9.17) is 0 Å². The molecule has 0 aliphatic heterocycles. The second-order valence-electron chi connectivity index (χ2n) is 5.10. The first-order valence-corrected chi connectivity index (χ1v) is 9.33. The van der Waals surface area contributed by atoms with E-state index < -0.39 is 10.0 Å². The molecule has 1 unspecified atom stereocenters. The number of thiophene rings is 1. The third-order valence-electron chi connectivity index (χ3n) is 3.21. The van der Waals surface area contributed by atoms with Crippen LogP contribution >= 0.6 is 11.3 Å². The highest BCUT2D eigenvalue weighted by atomic mass is 32.2. The molecule has 1 heterocycles. The van der Waals surface area contributed by atoms with Crippen LogP contribution in [0.3, 0.4) is 0 Å². The van der Waals surface area contributed by atoms with Crippen molar-refractivity contribution in [2.45, 2.75) is 6.04 Å². The van der Waals surface area contributed by atoms with Crippen LogP contribution in [-0.4, -0.2) is 34.0 Å². The summed E-state index contributed by atoms with van der Waals surface area (Å²) < 4.78 is 26.8. The minimum absolute atomic E-state index is 0.0277. The summed E-state index contributed by atoms with van der Waals surface area (Å²) in [7, 11) is 0.434. The molecule has 6 heteroatoms. The summed E-state index contributed by atoms with van der Waals surface area (Å²) in [5.74, 6) is 0. The number of benzene rings is 1. The van der Waals surface area contributed by atoms with Crippen LogP contribution in [0.2, 0.25) is 0 Å². The summed E-state index contributed by atoms with van der Waals surface area (Å²) >= 11 is 1.63. The van der Waals surface area contributed by atoms with Crippen LogP contribution < -0.4 is 4.72 Å². The standard InChI is InChI=1S/C16H20N2O2S2/c1-18(2)15(16-9-6-11-21-16)13-17-22(19,20)12-10-14-7-4-3-5-8-14/h3-12,15,17H,13H2,1-2H3/b12-10+. The Kier molecular flexibility index (Phi) is 5.90. The minimum Gasteiger partial charge on any atom is -0.300 e. The maximum atomic E-state index is 12.1. The normalized spacial score (nSPS) is 13.8. The van der Waals surface area contributed by atoms with Gasteiger partial charge in [0.2, 0.25) is 10.0 Å². The van der Waals surface area contributed by atoms with Gasteiger partial charge in [-0.15, -0.1) is 11.3 Å². The van der Waals surface area contributed by atoms with Gasteiger partial charge in [-0.05, 0) is 37.2 Å². The maximum absolute atomic E-state index is 12.1. The van der Waals surface area contributed by atoms with Crippen molar-refractivity contribution in [2.24, 2.45) is 0 Å². The summed E-state index contributed by atoms with van der Waals surface area (Å²) in [5.41, 5.74) is 0.857. The molecule has 0 aliphatic rings. The molecule has 0 radical (unpaired) electrons. The van der Waals surface area contributed by atoms with Crippen molar-refractivity contribution >= 4 is 27.4 Å². The Labute approximate surface area is 136 Å². The zero-order valence-electron chi connectivity index (χ0n) is 12.6. The van der Waals surface area contributed by atoms with Crippen molar-refractivity contribution in [3.8, 4) is 0 Å². The SMILES string of the molecule is CN(C)C(CNS(=O)(=O)/C=C/c1ccccc1)c1cccs1. The Bertz CT molecular complexity index is 693. The van der Waals surface area contributed by atoms with Gasteiger partial charge in [-0.25, -0.2) is 13.1 Å². The van der Waals surface area contributed by atoms with Gasteiger partial charge in [-0.3, -0.25) is 0 Å². The average molecular weight is 336 g/mol. The van der Waals surface area contributed by atoms with E-state index in [0.29, 0.717) is 6.54 Å². The lowest BCUT2D eigenvalue weighted by atomic mass is 10.2. The van der Waals surface area contributed by atoms with Crippen molar-refractivity contribution in [3.63, 3.8) is 0 Å². The Morgan fingerprint density at radius 1 is 1.18 bits per heavy atom. The number of nitrogens with zero attached hydrogens (tertiary/aromatic N) is 1. The molecule has 0 aliphatic carbocycles. The van der Waals surface area contributed by atoms with Gasteiger partial charge in [-0.2, -0.15) is 0 Å². The van der Waals surface area contributed by atoms with E-state index in [9.17, 15) is 8.42 Å². The fourth-order valence-corrected chi connectivity index (χ4v) is 3.74. The predicted molar refractivity (Wildman–Crippen MR) is 93.1 cm³/mol. The molecule has 118 valence electrons. The van der Waals surface area contributed by atoms with Crippen LogP contribution in [0, 0.1) is 0 Å². The Morgan fingerprint density at radius 3 is 2.50 bits per heavy atom. The summed E-state index contributed by atoms with van der Waals surface area (Å²) in [6.07, 6.45) is 1.60. The molecular formula is C16H20N2O2S2. The fraction of sp³-hybridized carbons (Fsp3) is 0.250. The number of likely N-dealkylation sites (N-methyl/N-ethyl adjacent to an activating group) is 1. The van der Waals surface area contributed by atoms with Crippen LogP contribution in [0.4, 0.5) is 0 Å². The molecule has 0 saturated heterocycles.